The molecule has 1 aliphatic carbocycles. The molecule has 2 unspecified atom stereocenters. The number of aliphatic hydroxyl groups excluding tert-OH is 1. The van der Waals surface area contributed by atoms with E-state index >= 15 is 0 Å². The van der Waals surface area contributed by atoms with Crippen LogP contribution in [0.1, 0.15) is 44.7 Å². The van der Waals surface area contributed by atoms with E-state index in [0.29, 0.717) is 13.0 Å². The molecule has 1 aromatic carbocycles. The lowest BCUT2D eigenvalue weighted by molar-refractivity contribution is -0.124. The molecule has 0 heterocycles. The monoisotopic (exact) mass is 317 g/mol. The van der Waals surface area contributed by atoms with Crippen molar-refractivity contribution in [3.8, 4) is 0 Å². The molecule has 2 rings (SSSR count). The number of hydrogen-bond acceptors (Lipinski definition) is 4. The van der Waals surface area contributed by atoms with E-state index in [1.165, 1.54) is 5.57 Å². The van der Waals surface area contributed by atoms with Gasteiger partial charge < -0.3 is 21.5 Å². The standard InChI is InChI=1S/C18H27N3O2/c1-13-8-9-18(2,12-13)21-17(23)16(19)14-6-3-4-7-15(14)20-10-5-11-22/h3-4,6-8,16,20,22H,5,9-12,19H2,1-2H3,(H,21,23). The lowest BCUT2D eigenvalue weighted by atomic mass is 9.96. The molecule has 0 fully saturated rings. The van der Waals surface area contributed by atoms with Crippen molar-refractivity contribution >= 4 is 11.6 Å². The predicted molar refractivity (Wildman–Crippen MR) is 93.1 cm³/mol. The zero-order valence-electron chi connectivity index (χ0n) is 13.9. The number of carbonyl (C=O) groups is 1. The topological polar surface area (TPSA) is 87.4 Å². The van der Waals surface area contributed by atoms with Crippen molar-refractivity contribution in [3.63, 3.8) is 0 Å². The molecular formula is C18H27N3O2. The van der Waals surface area contributed by atoms with Gasteiger partial charge in [0.1, 0.15) is 6.04 Å². The molecule has 0 spiro atoms. The summed E-state index contributed by atoms with van der Waals surface area (Å²) in [7, 11) is 0. The van der Waals surface area contributed by atoms with E-state index < -0.39 is 6.04 Å². The van der Waals surface area contributed by atoms with Crippen LogP contribution in [0.25, 0.3) is 0 Å². The molecule has 2 atom stereocenters. The van der Waals surface area contributed by atoms with Crippen LogP contribution in [0, 0.1) is 0 Å². The van der Waals surface area contributed by atoms with Crippen molar-refractivity contribution < 1.29 is 9.90 Å². The summed E-state index contributed by atoms with van der Waals surface area (Å²) in [6.45, 7) is 4.91. The summed E-state index contributed by atoms with van der Waals surface area (Å²) in [5.74, 6) is -0.160. The van der Waals surface area contributed by atoms with Crippen LogP contribution in [-0.2, 0) is 4.79 Å². The molecule has 0 saturated carbocycles. The van der Waals surface area contributed by atoms with Crippen LogP contribution in [-0.4, -0.2) is 29.7 Å². The predicted octanol–water partition coefficient (Wildman–Crippen LogP) is 2.10. The maximum absolute atomic E-state index is 12.6. The van der Waals surface area contributed by atoms with E-state index in [1.807, 2.05) is 24.3 Å². The van der Waals surface area contributed by atoms with Crippen LogP contribution in [0.15, 0.2) is 35.9 Å². The van der Waals surface area contributed by atoms with Crippen LogP contribution in [0.5, 0.6) is 0 Å². The van der Waals surface area contributed by atoms with E-state index in [4.69, 9.17) is 10.8 Å². The number of carbonyl (C=O) groups excluding carboxylic acids is 1. The van der Waals surface area contributed by atoms with Crippen molar-refractivity contribution in [1.82, 2.24) is 5.32 Å². The van der Waals surface area contributed by atoms with Crippen LogP contribution in [0.3, 0.4) is 0 Å². The number of rotatable bonds is 7. The minimum absolute atomic E-state index is 0.131. The third kappa shape index (κ3) is 4.56. The zero-order valence-corrected chi connectivity index (χ0v) is 13.9. The third-order valence-corrected chi connectivity index (χ3v) is 4.22. The first-order chi connectivity index (χ1) is 10.9. The van der Waals surface area contributed by atoms with Gasteiger partial charge in [-0.05, 0) is 39.2 Å². The molecule has 0 aliphatic heterocycles. The molecule has 0 aromatic heterocycles. The summed E-state index contributed by atoms with van der Waals surface area (Å²) in [5, 5.41) is 15.2. The molecule has 5 N–H and O–H groups in total. The molecule has 126 valence electrons. The quantitative estimate of drug-likeness (QED) is 0.458. The number of amides is 1. The van der Waals surface area contributed by atoms with E-state index in [0.717, 1.165) is 24.1 Å². The number of hydrogen-bond donors (Lipinski definition) is 4. The fraction of sp³-hybridized carbons (Fsp3) is 0.500. The second kappa shape index (κ2) is 7.62. The average molecular weight is 317 g/mol. The number of nitrogens with one attached hydrogen (secondary N) is 2. The van der Waals surface area contributed by atoms with Gasteiger partial charge in [-0.2, -0.15) is 0 Å². The number of nitrogens with two attached hydrogens (primary N) is 1. The highest BCUT2D eigenvalue weighted by Crippen LogP contribution is 2.29. The highest BCUT2D eigenvalue weighted by Gasteiger charge is 2.32. The Morgan fingerprint density at radius 1 is 1.43 bits per heavy atom. The Balaban J connectivity index is 2.04. The van der Waals surface area contributed by atoms with E-state index in [-0.39, 0.29) is 18.1 Å². The Morgan fingerprint density at radius 3 is 2.83 bits per heavy atom. The highest BCUT2D eigenvalue weighted by atomic mass is 16.3. The molecule has 23 heavy (non-hydrogen) atoms. The average Bonchev–Trinajstić information content (AvgIpc) is 2.86. The van der Waals surface area contributed by atoms with Crippen molar-refractivity contribution in [2.24, 2.45) is 5.73 Å². The van der Waals surface area contributed by atoms with Gasteiger partial charge in [0.25, 0.3) is 0 Å². The highest BCUT2D eigenvalue weighted by molar-refractivity contribution is 5.85. The minimum atomic E-state index is -0.717. The largest absolute Gasteiger partial charge is 0.396 e. The molecule has 5 nitrogen and oxygen atoms in total. The Bertz CT molecular complexity index is 585. The second-order valence-electron chi connectivity index (χ2n) is 6.55. The maximum atomic E-state index is 12.6. The van der Waals surface area contributed by atoms with Gasteiger partial charge in [-0.25, -0.2) is 0 Å². The van der Waals surface area contributed by atoms with Gasteiger partial charge in [-0.15, -0.1) is 0 Å². The summed E-state index contributed by atoms with van der Waals surface area (Å²) in [4.78, 5) is 12.6. The molecule has 0 radical (unpaired) electrons. The summed E-state index contributed by atoms with van der Waals surface area (Å²) in [5.41, 5.74) is 8.87. The molecule has 1 aromatic rings. The lowest BCUT2D eigenvalue weighted by Gasteiger charge is -2.28. The fourth-order valence-electron chi connectivity index (χ4n) is 3.00. The SMILES string of the molecule is CC1=CCC(C)(NC(=O)C(N)c2ccccc2NCCCO)C1. The van der Waals surface area contributed by atoms with Crippen molar-refractivity contribution in [1.29, 1.82) is 0 Å². The normalized spacial score (nSPS) is 21.7. The summed E-state index contributed by atoms with van der Waals surface area (Å²) in [6, 6.07) is 6.84. The van der Waals surface area contributed by atoms with E-state index in [2.05, 4.69) is 30.6 Å². The maximum Gasteiger partial charge on any atom is 0.242 e. The van der Waals surface area contributed by atoms with E-state index in [1.54, 1.807) is 0 Å². The van der Waals surface area contributed by atoms with Crippen LogP contribution in [0.2, 0.25) is 0 Å². The van der Waals surface area contributed by atoms with Crippen LogP contribution >= 0.6 is 0 Å². The first kappa shape index (κ1) is 17.5. The van der Waals surface area contributed by atoms with Crippen LogP contribution < -0.4 is 16.4 Å². The molecular weight excluding hydrogens is 290 g/mol. The number of para-hydroxylation sites is 1. The van der Waals surface area contributed by atoms with Crippen molar-refractivity contribution in [3.05, 3.63) is 41.5 Å². The zero-order chi connectivity index (χ0) is 16.9. The molecule has 1 aliphatic rings. The van der Waals surface area contributed by atoms with Crippen molar-refractivity contribution in [2.45, 2.75) is 44.7 Å². The molecule has 0 saturated heterocycles. The van der Waals surface area contributed by atoms with E-state index in [9.17, 15) is 4.79 Å². The minimum Gasteiger partial charge on any atom is -0.396 e. The van der Waals surface area contributed by atoms with Gasteiger partial charge in [-0.1, -0.05) is 29.8 Å². The lowest BCUT2D eigenvalue weighted by Crippen LogP contribution is -2.48. The van der Waals surface area contributed by atoms with Gasteiger partial charge in [0.15, 0.2) is 0 Å². The number of benzene rings is 1. The third-order valence-electron chi connectivity index (χ3n) is 4.22. The van der Waals surface area contributed by atoms with Crippen LogP contribution in [0.4, 0.5) is 5.69 Å². The first-order valence-electron chi connectivity index (χ1n) is 8.12. The smallest absolute Gasteiger partial charge is 0.242 e. The molecule has 5 heteroatoms. The summed E-state index contributed by atoms with van der Waals surface area (Å²) >= 11 is 0. The van der Waals surface area contributed by atoms with Crippen molar-refractivity contribution in [2.75, 3.05) is 18.5 Å². The number of anilines is 1. The number of aliphatic hydroxyl groups is 1. The fourth-order valence-corrected chi connectivity index (χ4v) is 3.00. The van der Waals surface area contributed by atoms with Gasteiger partial charge in [0.05, 0.1) is 0 Å². The Morgan fingerprint density at radius 2 is 2.17 bits per heavy atom. The van der Waals surface area contributed by atoms with Gasteiger partial charge in [0.2, 0.25) is 5.91 Å². The summed E-state index contributed by atoms with van der Waals surface area (Å²) in [6.07, 6.45) is 4.52. The first-order valence-corrected chi connectivity index (χ1v) is 8.12. The van der Waals surface area contributed by atoms with Gasteiger partial charge >= 0.3 is 0 Å². The Kier molecular flexibility index (Phi) is 5.80. The molecule has 1 amide bonds. The van der Waals surface area contributed by atoms with Gasteiger partial charge in [0, 0.05) is 29.9 Å². The van der Waals surface area contributed by atoms with Gasteiger partial charge in [-0.3, -0.25) is 4.79 Å². The Hall–Kier alpha value is -1.85. The second-order valence-corrected chi connectivity index (χ2v) is 6.55. The molecule has 0 bridgehead atoms. The summed E-state index contributed by atoms with van der Waals surface area (Å²) < 4.78 is 0. The Labute approximate surface area is 138 Å².